The van der Waals surface area contributed by atoms with Gasteiger partial charge in [-0.1, -0.05) is 6.42 Å². The van der Waals surface area contributed by atoms with Crippen LogP contribution in [0.1, 0.15) is 71.1 Å². The Morgan fingerprint density at radius 2 is 1.74 bits per heavy atom. The van der Waals surface area contributed by atoms with Gasteiger partial charge >= 0.3 is 0 Å². The number of H-pyrrole nitrogens is 1. The summed E-state index contributed by atoms with van der Waals surface area (Å²) in [5.41, 5.74) is 2.65. The summed E-state index contributed by atoms with van der Waals surface area (Å²) < 4.78 is 0. The second-order valence-electron chi connectivity index (χ2n) is 8.61. The maximum Gasteiger partial charge on any atom is 0.256 e. The van der Waals surface area contributed by atoms with Crippen LogP contribution in [0.5, 0.6) is 0 Å². The summed E-state index contributed by atoms with van der Waals surface area (Å²) in [4.78, 5) is 45.1. The highest BCUT2D eigenvalue weighted by atomic mass is 16.2. The molecule has 1 saturated carbocycles. The number of rotatable bonds is 3. The van der Waals surface area contributed by atoms with Gasteiger partial charge in [-0.15, -0.1) is 0 Å². The van der Waals surface area contributed by atoms with Gasteiger partial charge in [0, 0.05) is 44.2 Å². The van der Waals surface area contributed by atoms with E-state index in [1.165, 1.54) is 6.92 Å². The number of nitrogens with zero attached hydrogens (tertiary/aromatic N) is 2. The van der Waals surface area contributed by atoms with E-state index in [1.807, 2.05) is 23.6 Å². The molecule has 6 heteroatoms. The van der Waals surface area contributed by atoms with E-state index in [0.29, 0.717) is 36.2 Å². The van der Waals surface area contributed by atoms with Crippen molar-refractivity contribution in [2.45, 2.75) is 58.9 Å². The van der Waals surface area contributed by atoms with Crippen LogP contribution < -0.4 is 0 Å². The van der Waals surface area contributed by atoms with Crippen LogP contribution in [0.4, 0.5) is 0 Å². The number of fused-ring (bicyclic) bond motifs is 4. The second-order valence-corrected chi connectivity index (χ2v) is 8.61. The van der Waals surface area contributed by atoms with E-state index in [-0.39, 0.29) is 23.7 Å². The Kier molecular flexibility index (Phi) is 4.60. The number of piperidine rings is 1. The molecular weight excluding hydrogens is 342 g/mol. The van der Waals surface area contributed by atoms with Gasteiger partial charge in [0.2, 0.25) is 5.91 Å². The van der Waals surface area contributed by atoms with Crippen molar-refractivity contribution in [1.29, 1.82) is 0 Å². The lowest BCUT2D eigenvalue weighted by atomic mass is 9.84. The lowest BCUT2D eigenvalue weighted by molar-refractivity contribution is -0.138. The van der Waals surface area contributed by atoms with Gasteiger partial charge in [-0.05, 0) is 51.0 Å². The monoisotopic (exact) mass is 371 g/mol. The van der Waals surface area contributed by atoms with Crippen LogP contribution in [-0.2, 0) is 4.79 Å². The first-order chi connectivity index (χ1) is 12.9. The summed E-state index contributed by atoms with van der Waals surface area (Å²) in [6.45, 7) is 7.35. The summed E-state index contributed by atoms with van der Waals surface area (Å²) in [6, 6.07) is 0.0785. The second kappa shape index (κ2) is 6.80. The number of carbonyl (C=O) groups is 3. The van der Waals surface area contributed by atoms with Crippen LogP contribution in [-0.4, -0.2) is 58.1 Å². The lowest BCUT2D eigenvalue weighted by Crippen LogP contribution is -2.48. The zero-order valence-corrected chi connectivity index (χ0v) is 16.5. The predicted molar refractivity (Wildman–Crippen MR) is 102 cm³/mol. The Balaban J connectivity index is 1.57. The van der Waals surface area contributed by atoms with Gasteiger partial charge in [0.05, 0.1) is 11.3 Å². The summed E-state index contributed by atoms with van der Waals surface area (Å²) in [7, 11) is 0. The molecule has 146 valence electrons. The van der Waals surface area contributed by atoms with E-state index >= 15 is 0 Å². The molecule has 3 saturated heterocycles. The highest BCUT2D eigenvalue weighted by Gasteiger charge is 2.41. The molecule has 2 atom stereocenters. The number of aromatic nitrogens is 1. The van der Waals surface area contributed by atoms with Crippen LogP contribution in [0.3, 0.4) is 0 Å². The molecule has 2 bridgehead atoms. The first-order valence-corrected chi connectivity index (χ1v) is 10.2. The van der Waals surface area contributed by atoms with E-state index in [1.54, 1.807) is 0 Å². The van der Waals surface area contributed by atoms with Gasteiger partial charge in [0.25, 0.3) is 5.91 Å². The predicted octanol–water partition coefficient (Wildman–Crippen LogP) is 2.70. The third-order valence-corrected chi connectivity index (χ3v) is 6.74. The molecule has 1 aliphatic carbocycles. The van der Waals surface area contributed by atoms with Crippen molar-refractivity contribution in [2.24, 2.45) is 11.8 Å². The van der Waals surface area contributed by atoms with Gasteiger partial charge in [0.1, 0.15) is 0 Å². The van der Waals surface area contributed by atoms with Crippen LogP contribution in [0.2, 0.25) is 0 Å². The minimum atomic E-state index is -0.0516. The van der Waals surface area contributed by atoms with Crippen LogP contribution in [0.15, 0.2) is 0 Å². The molecule has 4 fully saturated rings. The minimum Gasteiger partial charge on any atom is -0.355 e. The van der Waals surface area contributed by atoms with Gasteiger partial charge in [-0.3, -0.25) is 14.4 Å². The molecule has 2 amide bonds. The normalized spacial score (nSPS) is 25.3. The molecule has 6 nitrogen and oxygen atoms in total. The van der Waals surface area contributed by atoms with Gasteiger partial charge in [0.15, 0.2) is 5.78 Å². The molecule has 0 radical (unpaired) electrons. The summed E-state index contributed by atoms with van der Waals surface area (Å²) >= 11 is 0. The summed E-state index contributed by atoms with van der Waals surface area (Å²) in [5.74, 6) is 0.800. The number of carbonyl (C=O) groups excluding carboxylic acids is 3. The Morgan fingerprint density at radius 1 is 1.00 bits per heavy atom. The molecule has 4 heterocycles. The quantitative estimate of drug-likeness (QED) is 0.830. The highest BCUT2D eigenvalue weighted by Crippen LogP contribution is 2.34. The van der Waals surface area contributed by atoms with Gasteiger partial charge < -0.3 is 14.8 Å². The molecular formula is C21H29N3O3. The highest BCUT2D eigenvalue weighted by molar-refractivity contribution is 6.02. The summed E-state index contributed by atoms with van der Waals surface area (Å²) in [6.07, 6.45) is 5.22. The van der Waals surface area contributed by atoms with Crippen molar-refractivity contribution in [3.05, 3.63) is 22.5 Å². The Morgan fingerprint density at radius 3 is 2.33 bits per heavy atom. The SMILES string of the molecule is CC(=O)c1[nH]c(C)c(C(=O)N2C[C@H]3CC[C@@H]2CN(C(=O)C2CCC2)C3)c1C. The number of aromatic amines is 1. The topological polar surface area (TPSA) is 73.5 Å². The fourth-order valence-corrected chi connectivity index (χ4v) is 4.99. The van der Waals surface area contributed by atoms with Crippen LogP contribution in [0, 0.1) is 25.7 Å². The number of aryl methyl sites for hydroxylation is 1. The van der Waals surface area contributed by atoms with Crippen LogP contribution in [0.25, 0.3) is 0 Å². The van der Waals surface area contributed by atoms with E-state index in [4.69, 9.17) is 0 Å². The lowest BCUT2D eigenvalue weighted by Gasteiger charge is -2.36. The third-order valence-electron chi connectivity index (χ3n) is 6.74. The van der Waals surface area contributed by atoms with Crippen molar-refractivity contribution < 1.29 is 14.4 Å². The first kappa shape index (κ1) is 18.3. The molecule has 27 heavy (non-hydrogen) atoms. The Hall–Kier alpha value is -2.11. The van der Waals surface area contributed by atoms with E-state index in [9.17, 15) is 14.4 Å². The van der Waals surface area contributed by atoms with E-state index in [0.717, 1.165) is 49.9 Å². The molecule has 0 aromatic carbocycles. The molecule has 5 rings (SSSR count). The van der Waals surface area contributed by atoms with E-state index < -0.39 is 0 Å². The number of hydrogen-bond donors (Lipinski definition) is 1. The Labute approximate surface area is 160 Å². The first-order valence-electron chi connectivity index (χ1n) is 10.2. The number of amides is 2. The fourth-order valence-electron chi connectivity index (χ4n) is 4.99. The van der Waals surface area contributed by atoms with Gasteiger partial charge in [-0.2, -0.15) is 0 Å². The molecule has 0 unspecified atom stereocenters. The van der Waals surface area contributed by atoms with Crippen LogP contribution >= 0.6 is 0 Å². The fraction of sp³-hybridized carbons (Fsp3) is 0.667. The number of nitrogens with one attached hydrogen (secondary N) is 1. The third kappa shape index (κ3) is 3.09. The maximum atomic E-state index is 13.4. The molecule has 1 aromatic rings. The largest absolute Gasteiger partial charge is 0.355 e. The standard InChI is InChI=1S/C21H29N3O3/c1-12-18(13(2)22-19(12)14(3)25)21(27)24-10-15-7-8-17(24)11-23(9-15)20(26)16-5-4-6-16/h15-17,22H,4-11H2,1-3H3/t15-,17+/m0/s1. The molecule has 3 aliphatic heterocycles. The molecule has 4 aliphatic rings. The van der Waals surface area contributed by atoms with Crippen molar-refractivity contribution >= 4 is 17.6 Å². The molecule has 1 aromatic heterocycles. The molecule has 0 spiro atoms. The zero-order chi connectivity index (χ0) is 19.3. The van der Waals surface area contributed by atoms with Crippen molar-refractivity contribution in [3.63, 3.8) is 0 Å². The van der Waals surface area contributed by atoms with Gasteiger partial charge in [-0.25, -0.2) is 0 Å². The maximum absolute atomic E-state index is 13.4. The minimum absolute atomic E-state index is 0.00129. The number of ketones is 1. The molecule has 1 N–H and O–H groups in total. The Bertz CT molecular complexity index is 793. The smallest absolute Gasteiger partial charge is 0.256 e. The zero-order valence-electron chi connectivity index (χ0n) is 16.5. The van der Waals surface area contributed by atoms with Crippen molar-refractivity contribution in [3.8, 4) is 0 Å². The average molecular weight is 371 g/mol. The number of Topliss-reactive ketones (excluding diaryl/α,β-unsaturated/α-hetero) is 1. The number of hydrogen-bond acceptors (Lipinski definition) is 3. The summed E-state index contributed by atoms with van der Waals surface area (Å²) in [5, 5.41) is 0. The van der Waals surface area contributed by atoms with Crippen molar-refractivity contribution in [1.82, 2.24) is 14.8 Å². The average Bonchev–Trinajstić information content (AvgIpc) is 2.75. The van der Waals surface area contributed by atoms with Crippen molar-refractivity contribution in [2.75, 3.05) is 19.6 Å². The van der Waals surface area contributed by atoms with E-state index in [2.05, 4.69) is 4.98 Å².